The van der Waals surface area contributed by atoms with Crippen LogP contribution < -0.4 is 0 Å². The molecule has 1 atom stereocenters. The van der Waals surface area contributed by atoms with Gasteiger partial charge in [0, 0.05) is 11.7 Å². The average molecular weight is 209 g/mol. The number of thiol groups is 1. The summed E-state index contributed by atoms with van der Waals surface area (Å²) >= 11 is 6.12. The second kappa shape index (κ2) is 3.68. The van der Waals surface area contributed by atoms with Gasteiger partial charge in [0.25, 0.3) is 0 Å². The van der Waals surface area contributed by atoms with Crippen molar-refractivity contribution >= 4 is 34.2 Å². The predicted molar refractivity (Wildman–Crippen MR) is 61.8 cm³/mol. The van der Waals surface area contributed by atoms with Crippen LogP contribution in [0.25, 0.3) is 10.2 Å². The van der Waals surface area contributed by atoms with Crippen molar-refractivity contribution in [3.63, 3.8) is 0 Å². The third-order valence-corrected chi connectivity index (χ3v) is 3.05. The van der Waals surface area contributed by atoms with Crippen molar-refractivity contribution in [1.82, 2.24) is 4.98 Å². The Balaban J connectivity index is 2.38. The van der Waals surface area contributed by atoms with Gasteiger partial charge in [0.1, 0.15) is 0 Å². The summed E-state index contributed by atoms with van der Waals surface area (Å²) in [7, 11) is 0. The van der Waals surface area contributed by atoms with Gasteiger partial charge in [0.05, 0.1) is 15.2 Å². The van der Waals surface area contributed by atoms with E-state index in [0.717, 1.165) is 11.9 Å². The highest BCUT2D eigenvalue weighted by molar-refractivity contribution is 7.80. The minimum absolute atomic E-state index is 0.389. The van der Waals surface area contributed by atoms with Gasteiger partial charge in [0.2, 0.25) is 0 Å². The zero-order valence-corrected chi connectivity index (χ0v) is 9.11. The molecule has 0 spiro atoms. The van der Waals surface area contributed by atoms with E-state index in [1.807, 2.05) is 6.07 Å². The van der Waals surface area contributed by atoms with Gasteiger partial charge < -0.3 is 0 Å². The normalized spacial score (nSPS) is 13.4. The lowest BCUT2D eigenvalue weighted by Gasteiger charge is -1.96. The number of thiazole rings is 1. The number of para-hydroxylation sites is 1. The van der Waals surface area contributed by atoms with Crippen molar-refractivity contribution in [2.75, 3.05) is 0 Å². The van der Waals surface area contributed by atoms with Crippen LogP contribution in [0.3, 0.4) is 0 Å². The van der Waals surface area contributed by atoms with Crippen molar-refractivity contribution in [2.45, 2.75) is 18.6 Å². The van der Waals surface area contributed by atoms with Crippen molar-refractivity contribution in [3.05, 3.63) is 29.3 Å². The molecule has 0 bridgehead atoms. The number of benzene rings is 1. The van der Waals surface area contributed by atoms with E-state index in [4.69, 9.17) is 0 Å². The first-order chi connectivity index (χ1) is 6.25. The van der Waals surface area contributed by atoms with Gasteiger partial charge in [-0.3, -0.25) is 0 Å². The maximum absolute atomic E-state index is 4.52. The first-order valence-corrected chi connectivity index (χ1v) is 5.61. The molecule has 0 aliphatic rings. The van der Waals surface area contributed by atoms with Crippen LogP contribution in [0.2, 0.25) is 0 Å². The van der Waals surface area contributed by atoms with Crippen molar-refractivity contribution in [2.24, 2.45) is 0 Å². The molecule has 1 heterocycles. The number of hydrogen-bond acceptors (Lipinski definition) is 3. The molecule has 1 aromatic heterocycles. The lowest BCUT2D eigenvalue weighted by Crippen LogP contribution is -1.95. The Hall–Kier alpha value is -0.540. The minimum Gasteiger partial charge on any atom is -0.241 e. The molecule has 0 saturated carbocycles. The lowest BCUT2D eigenvalue weighted by atomic mass is 10.3. The van der Waals surface area contributed by atoms with Crippen LogP contribution >= 0.6 is 24.0 Å². The fourth-order valence-corrected chi connectivity index (χ4v) is 2.65. The van der Waals surface area contributed by atoms with Crippen LogP contribution in [-0.2, 0) is 6.42 Å². The molecular weight excluding hydrogens is 198 g/mol. The van der Waals surface area contributed by atoms with E-state index in [1.54, 1.807) is 11.3 Å². The number of aromatic nitrogens is 1. The summed E-state index contributed by atoms with van der Waals surface area (Å²) in [6.45, 7) is 2.09. The fraction of sp³-hybridized carbons (Fsp3) is 0.300. The highest BCUT2D eigenvalue weighted by Crippen LogP contribution is 2.22. The van der Waals surface area contributed by atoms with Crippen LogP contribution in [0.5, 0.6) is 0 Å². The van der Waals surface area contributed by atoms with Gasteiger partial charge in [-0.05, 0) is 12.1 Å². The number of hydrogen-bond donors (Lipinski definition) is 1. The number of nitrogens with zero attached hydrogens (tertiary/aromatic N) is 1. The maximum atomic E-state index is 4.52. The van der Waals surface area contributed by atoms with Crippen LogP contribution in [-0.4, -0.2) is 10.2 Å². The Kier molecular flexibility index (Phi) is 2.56. The summed E-state index contributed by atoms with van der Waals surface area (Å²) in [5.41, 5.74) is 1.11. The fourth-order valence-electron chi connectivity index (χ4n) is 1.26. The third-order valence-electron chi connectivity index (χ3n) is 1.81. The lowest BCUT2D eigenvalue weighted by molar-refractivity contribution is 0.940. The van der Waals surface area contributed by atoms with E-state index in [9.17, 15) is 0 Å². The zero-order chi connectivity index (χ0) is 9.26. The molecule has 0 aliphatic carbocycles. The van der Waals surface area contributed by atoms with Gasteiger partial charge in [-0.25, -0.2) is 4.98 Å². The van der Waals surface area contributed by atoms with Gasteiger partial charge >= 0.3 is 0 Å². The summed E-state index contributed by atoms with van der Waals surface area (Å²) < 4.78 is 1.27. The summed E-state index contributed by atoms with van der Waals surface area (Å²) in [5, 5.41) is 1.57. The largest absolute Gasteiger partial charge is 0.241 e. The second-order valence-corrected chi connectivity index (χ2v) is 5.13. The molecule has 0 fully saturated rings. The van der Waals surface area contributed by atoms with Gasteiger partial charge in [-0.15, -0.1) is 11.3 Å². The Labute approximate surface area is 87.2 Å². The summed E-state index contributed by atoms with van der Waals surface area (Å²) in [6, 6.07) is 8.24. The summed E-state index contributed by atoms with van der Waals surface area (Å²) in [4.78, 5) is 4.52. The second-order valence-electron chi connectivity index (χ2n) is 3.13. The monoisotopic (exact) mass is 209 g/mol. The maximum Gasteiger partial charge on any atom is 0.0949 e. The van der Waals surface area contributed by atoms with E-state index < -0.39 is 0 Å². The van der Waals surface area contributed by atoms with Crippen molar-refractivity contribution in [1.29, 1.82) is 0 Å². The minimum atomic E-state index is 0.389. The third kappa shape index (κ3) is 2.03. The summed E-state index contributed by atoms with van der Waals surface area (Å²) in [5.74, 6) is 0. The SMILES string of the molecule is CC(S)Cc1nc2ccccc2s1. The molecule has 0 radical (unpaired) electrons. The predicted octanol–water partition coefficient (Wildman–Crippen LogP) is 3.16. The molecular formula is C10H11NS2. The molecule has 0 aliphatic heterocycles. The van der Waals surface area contributed by atoms with E-state index in [0.29, 0.717) is 5.25 Å². The molecule has 0 N–H and O–H groups in total. The Morgan fingerprint density at radius 3 is 2.92 bits per heavy atom. The number of fused-ring (bicyclic) bond motifs is 1. The first-order valence-electron chi connectivity index (χ1n) is 4.28. The van der Waals surface area contributed by atoms with E-state index in [-0.39, 0.29) is 0 Å². The standard InChI is InChI=1S/C10H11NS2/c1-7(12)6-10-11-8-4-2-3-5-9(8)13-10/h2-5,7,12H,6H2,1H3. The van der Waals surface area contributed by atoms with Gasteiger partial charge in [0.15, 0.2) is 0 Å². The van der Waals surface area contributed by atoms with Crippen molar-refractivity contribution in [3.8, 4) is 0 Å². The molecule has 2 aromatic rings. The van der Waals surface area contributed by atoms with Crippen LogP contribution in [0.4, 0.5) is 0 Å². The molecule has 0 saturated heterocycles. The van der Waals surface area contributed by atoms with Crippen LogP contribution in [0, 0.1) is 0 Å². The van der Waals surface area contributed by atoms with Crippen LogP contribution in [0.1, 0.15) is 11.9 Å². The highest BCUT2D eigenvalue weighted by atomic mass is 32.1. The van der Waals surface area contributed by atoms with Crippen molar-refractivity contribution < 1.29 is 0 Å². The van der Waals surface area contributed by atoms with Crippen LogP contribution in [0.15, 0.2) is 24.3 Å². The van der Waals surface area contributed by atoms with E-state index in [2.05, 4.69) is 42.7 Å². The molecule has 13 heavy (non-hydrogen) atoms. The topological polar surface area (TPSA) is 12.9 Å². The molecule has 1 unspecified atom stereocenters. The molecule has 2 rings (SSSR count). The molecule has 1 nitrogen and oxygen atoms in total. The Bertz CT molecular complexity index is 373. The van der Waals surface area contributed by atoms with Gasteiger partial charge in [-0.1, -0.05) is 19.1 Å². The molecule has 3 heteroatoms. The number of rotatable bonds is 2. The summed E-state index contributed by atoms with van der Waals surface area (Å²) in [6.07, 6.45) is 0.961. The molecule has 0 amide bonds. The van der Waals surface area contributed by atoms with E-state index >= 15 is 0 Å². The quantitative estimate of drug-likeness (QED) is 0.750. The Morgan fingerprint density at radius 1 is 1.46 bits per heavy atom. The van der Waals surface area contributed by atoms with Gasteiger partial charge in [-0.2, -0.15) is 12.6 Å². The highest BCUT2D eigenvalue weighted by Gasteiger charge is 2.04. The zero-order valence-electron chi connectivity index (χ0n) is 7.40. The van der Waals surface area contributed by atoms with E-state index in [1.165, 1.54) is 9.71 Å². The average Bonchev–Trinajstić information content (AvgIpc) is 2.44. The molecule has 68 valence electrons. The molecule has 1 aromatic carbocycles. The Morgan fingerprint density at radius 2 is 2.23 bits per heavy atom. The first kappa shape index (κ1) is 9.03. The smallest absolute Gasteiger partial charge is 0.0949 e.